The lowest BCUT2D eigenvalue weighted by Crippen LogP contribution is -2.29. The lowest BCUT2D eigenvalue weighted by Gasteiger charge is -2.29. The van der Waals surface area contributed by atoms with Crippen molar-refractivity contribution in [3.63, 3.8) is 0 Å². The van der Waals surface area contributed by atoms with Crippen LogP contribution in [0.25, 0.3) is 0 Å². The van der Waals surface area contributed by atoms with Gasteiger partial charge < -0.3 is 11.1 Å². The van der Waals surface area contributed by atoms with E-state index in [2.05, 4.69) is 37.4 Å². The molecule has 0 atom stereocenters. The molecule has 1 heterocycles. The monoisotopic (exact) mass is 320 g/mol. The summed E-state index contributed by atoms with van der Waals surface area (Å²) in [5.41, 5.74) is 5.76. The van der Waals surface area contributed by atoms with E-state index in [1.165, 1.54) is 14.1 Å². The third-order valence-corrected chi connectivity index (χ3v) is 6.52. The average Bonchev–Trinajstić information content (AvgIpc) is 2.68. The number of sulfonamides is 1. The predicted octanol–water partition coefficient (Wildman–Crippen LogP) is 2.07. The second-order valence-electron chi connectivity index (χ2n) is 6.01. The van der Waals surface area contributed by atoms with Crippen molar-refractivity contribution in [2.45, 2.75) is 32.6 Å². The molecule has 0 saturated heterocycles. The molecule has 0 aliphatic carbocycles. The molecule has 3 N–H and O–H groups in total. The molecule has 0 aliphatic rings. The minimum atomic E-state index is -3.59. The summed E-state index contributed by atoms with van der Waals surface area (Å²) in [6.45, 7) is 9.20. The highest BCUT2D eigenvalue weighted by atomic mass is 32.2. The maximum absolute atomic E-state index is 12.3. The zero-order valence-corrected chi connectivity index (χ0v) is 14.5. The van der Waals surface area contributed by atoms with Gasteiger partial charge in [-0.15, -0.1) is 0 Å². The van der Waals surface area contributed by atoms with Gasteiger partial charge in [0.2, 0.25) is 10.0 Å². The Bertz CT molecular complexity index is 562. The molecule has 1 aromatic heterocycles. The number of nitrogens with two attached hydrogens (primary N) is 1. The van der Waals surface area contributed by atoms with Gasteiger partial charge in [0.1, 0.15) is 5.00 Å². The van der Waals surface area contributed by atoms with E-state index in [1.54, 1.807) is 0 Å². The van der Waals surface area contributed by atoms with Crippen molar-refractivity contribution in [2.75, 3.05) is 31.7 Å². The quantitative estimate of drug-likeness (QED) is 0.837. The van der Waals surface area contributed by atoms with Gasteiger partial charge in [0.05, 0.1) is 0 Å². The fourth-order valence-corrected chi connectivity index (χ4v) is 3.42. The molecule has 1 rings (SSSR count). The third-order valence-electron chi connectivity index (χ3n) is 3.68. The average molecular weight is 320 g/mol. The molecule has 20 heavy (non-hydrogen) atoms. The van der Waals surface area contributed by atoms with Gasteiger partial charge in [-0.3, -0.25) is 0 Å². The molecule has 6 nitrogen and oxygen atoms in total. The molecule has 0 unspecified atom stereocenters. The van der Waals surface area contributed by atoms with Gasteiger partial charge in [-0.1, -0.05) is 27.7 Å². The van der Waals surface area contributed by atoms with Crippen molar-refractivity contribution in [1.82, 2.24) is 8.68 Å². The zero-order chi connectivity index (χ0) is 15.7. The number of hydrogen-bond acceptors (Lipinski definition) is 6. The molecular formula is C12H24N4O2S2. The van der Waals surface area contributed by atoms with Crippen molar-refractivity contribution in [1.29, 1.82) is 0 Å². The van der Waals surface area contributed by atoms with Crippen LogP contribution in [0.15, 0.2) is 4.90 Å². The van der Waals surface area contributed by atoms with Crippen molar-refractivity contribution in [3.05, 3.63) is 0 Å². The maximum Gasteiger partial charge on any atom is 0.249 e. The molecule has 0 saturated carbocycles. The molecule has 0 spiro atoms. The molecule has 0 aromatic carbocycles. The van der Waals surface area contributed by atoms with E-state index in [1.807, 2.05) is 0 Å². The van der Waals surface area contributed by atoms with Crippen molar-refractivity contribution < 1.29 is 8.42 Å². The van der Waals surface area contributed by atoms with Crippen LogP contribution in [0.1, 0.15) is 27.7 Å². The summed E-state index contributed by atoms with van der Waals surface area (Å²) >= 11 is 1.08. The Morgan fingerprint density at radius 1 is 1.40 bits per heavy atom. The van der Waals surface area contributed by atoms with Crippen molar-refractivity contribution in [3.8, 4) is 0 Å². The van der Waals surface area contributed by atoms with E-state index in [4.69, 9.17) is 5.73 Å². The van der Waals surface area contributed by atoms with Crippen LogP contribution in [-0.4, -0.2) is 37.7 Å². The number of anilines is 2. The Hall–Kier alpha value is -0.860. The Morgan fingerprint density at radius 2 is 1.95 bits per heavy atom. The van der Waals surface area contributed by atoms with E-state index in [9.17, 15) is 8.42 Å². The Morgan fingerprint density at radius 3 is 2.40 bits per heavy atom. The van der Waals surface area contributed by atoms with E-state index >= 15 is 0 Å². The van der Waals surface area contributed by atoms with E-state index in [-0.39, 0.29) is 16.1 Å². The Labute approximate surface area is 125 Å². The minimum Gasteiger partial charge on any atom is -0.382 e. The fourth-order valence-electron chi connectivity index (χ4n) is 1.35. The summed E-state index contributed by atoms with van der Waals surface area (Å²) in [6, 6.07) is 0. The van der Waals surface area contributed by atoms with E-state index in [0.717, 1.165) is 15.8 Å². The highest BCUT2D eigenvalue weighted by molar-refractivity contribution is 7.89. The molecule has 0 fully saturated rings. The highest BCUT2D eigenvalue weighted by Crippen LogP contribution is 2.34. The van der Waals surface area contributed by atoms with Crippen LogP contribution < -0.4 is 11.1 Å². The Balaban J connectivity index is 3.06. The first-order valence-electron chi connectivity index (χ1n) is 6.41. The van der Waals surface area contributed by atoms with Crippen LogP contribution in [0.2, 0.25) is 0 Å². The lowest BCUT2D eigenvalue weighted by molar-refractivity contribution is 0.270. The summed E-state index contributed by atoms with van der Waals surface area (Å²) < 4.78 is 29.6. The van der Waals surface area contributed by atoms with Crippen LogP contribution in [0.5, 0.6) is 0 Å². The predicted molar refractivity (Wildman–Crippen MR) is 84.5 cm³/mol. The first-order chi connectivity index (χ1) is 9.00. The first-order valence-corrected chi connectivity index (χ1v) is 8.63. The van der Waals surface area contributed by atoms with Gasteiger partial charge in [-0.05, 0) is 22.9 Å². The summed E-state index contributed by atoms with van der Waals surface area (Å²) in [5, 5.41) is 3.69. The molecule has 8 heteroatoms. The zero-order valence-electron chi connectivity index (χ0n) is 12.9. The summed E-state index contributed by atoms with van der Waals surface area (Å²) in [6.07, 6.45) is 0. The molecule has 0 aliphatic heterocycles. The second kappa shape index (κ2) is 5.87. The topological polar surface area (TPSA) is 88.3 Å². The molecule has 0 amide bonds. The number of nitrogen functional groups attached to an aromatic ring is 1. The van der Waals surface area contributed by atoms with Gasteiger partial charge >= 0.3 is 0 Å². The van der Waals surface area contributed by atoms with Crippen molar-refractivity contribution in [2.24, 2.45) is 11.3 Å². The number of nitrogens with zero attached hydrogens (tertiary/aromatic N) is 2. The fraction of sp³-hybridized carbons (Fsp3) is 0.750. The Kier molecular flexibility index (Phi) is 5.04. The first kappa shape index (κ1) is 17.2. The molecular weight excluding hydrogens is 296 g/mol. The second-order valence-corrected chi connectivity index (χ2v) is 8.87. The van der Waals surface area contributed by atoms with Crippen molar-refractivity contribution >= 4 is 32.4 Å². The number of aromatic nitrogens is 1. The van der Waals surface area contributed by atoms with E-state index < -0.39 is 10.0 Å². The van der Waals surface area contributed by atoms with Gasteiger partial charge in [-0.2, -0.15) is 4.37 Å². The summed E-state index contributed by atoms with van der Waals surface area (Å²) in [5.74, 6) is 0.516. The normalized spacial score (nSPS) is 13.2. The lowest BCUT2D eigenvalue weighted by atomic mass is 9.81. The largest absolute Gasteiger partial charge is 0.382 e. The van der Waals surface area contributed by atoms with Crippen LogP contribution >= 0.6 is 11.5 Å². The van der Waals surface area contributed by atoms with Crippen LogP contribution in [0.4, 0.5) is 10.8 Å². The summed E-state index contributed by atoms with van der Waals surface area (Å²) in [7, 11) is -0.628. The summed E-state index contributed by atoms with van der Waals surface area (Å²) in [4.78, 5) is 0.0760. The van der Waals surface area contributed by atoms with Crippen LogP contribution in [-0.2, 0) is 10.0 Å². The smallest absolute Gasteiger partial charge is 0.249 e. The number of hydrogen-bond donors (Lipinski definition) is 2. The highest BCUT2D eigenvalue weighted by Gasteiger charge is 2.29. The molecule has 1 aromatic rings. The molecule has 0 radical (unpaired) electrons. The minimum absolute atomic E-state index is 0.0396. The molecule has 116 valence electrons. The van der Waals surface area contributed by atoms with Crippen LogP contribution in [0.3, 0.4) is 0 Å². The van der Waals surface area contributed by atoms with Gasteiger partial charge in [0, 0.05) is 20.6 Å². The van der Waals surface area contributed by atoms with Crippen LogP contribution in [0, 0.1) is 11.3 Å². The standard InChI is InChI=1S/C12H24N4O2S2/c1-8(2)12(3,4)7-14-11-9(10(13)15-19-11)20(17,18)16(5)6/h8,14H,7H2,1-6H3,(H2,13,15). The van der Waals surface area contributed by atoms with Gasteiger partial charge in [0.15, 0.2) is 10.7 Å². The van der Waals surface area contributed by atoms with E-state index in [0.29, 0.717) is 17.5 Å². The maximum atomic E-state index is 12.3. The van der Waals surface area contributed by atoms with Gasteiger partial charge in [-0.25, -0.2) is 12.7 Å². The molecule has 0 bridgehead atoms. The van der Waals surface area contributed by atoms with Gasteiger partial charge in [0.25, 0.3) is 0 Å². The SMILES string of the molecule is CC(C)C(C)(C)CNc1snc(N)c1S(=O)(=O)N(C)C. The number of nitrogens with one attached hydrogen (secondary N) is 1. The third kappa shape index (κ3) is 3.42. The number of rotatable bonds is 6.